The van der Waals surface area contributed by atoms with Gasteiger partial charge in [0.1, 0.15) is 10.6 Å². The number of aliphatic hydroxyl groups is 1. The van der Waals surface area contributed by atoms with Crippen molar-refractivity contribution >= 4 is 33.3 Å². The lowest BCUT2D eigenvalue weighted by Crippen LogP contribution is -2.36. The summed E-state index contributed by atoms with van der Waals surface area (Å²) < 4.78 is 0. The van der Waals surface area contributed by atoms with Crippen LogP contribution in [-0.4, -0.2) is 21.7 Å². The summed E-state index contributed by atoms with van der Waals surface area (Å²) in [4.78, 5) is 9.32. The van der Waals surface area contributed by atoms with Crippen molar-refractivity contribution in [3.63, 3.8) is 0 Å². The second kappa shape index (κ2) is 5.31. The van der Waals surface area contributed by atoms with E-state index in [0.717, 1.165) is 15.8 Å². The molecule has 21 heavy (non-hydrogen) atoms. The Kier molecular flexibility index (Phi) is 3.48. The smallest absolute Gasteiger partial charge is 0.223 e. The quantitative estimate of drug-likeness (QED) is 0.689. The number of anilines is 2. The lowest BCUT2D eigenvalue weighted by molar-refractivity contribution is 0.224. The maximum Gasteiger partial charge on any atom is 0.223 e. The summed E-state index contributed by atoms with van der Waals surface area (Å²) in [6, 6.07) is 11.7. The number of rotatable bonds is 4. The lowest BCUT2D eigenvalue weighted by atomic mass is 9.93. The minimum atomic E-state index is -0.642. The summed E-state index contributed by atoms with van der Waals surface area (Å²) >= 11 is 1.51. The van der Waals surface area contributed by atoms with Crippen LogP contribution in [0, 0.1) is 0 Å². The van der Waals surface area contributed by atoms with Gasteiger partial charge >= 0.3 is 0 Å². The fraction of sp³-hybridized carbons (Fsp3) is 0.200. The molecule has 0 saturated heterocycles. The van der Waals surface area contributed by atoms with Gasteiger partial charge in [-0.3, -0.25) is 0 Å². The molecule has 1 aromatic carbocycles. The van der Waals surface area contributed by atoms with Crippen LogP contribution in [0.25, 0.3) is 10.2 Å². The number of aromatic nitrogens is 2. The maximum atomic E-state index is 9.86. The zero-order valence-corrected chi connectivity index (χ0v) is 12.4. The molecular formula is C15H16N4OS. The van der Waals surface area contributed by atoms with E-state index in [-0.39, 0.29) is 12.6 Å². The Labute approximate surface area is 126 Å². The van der Waals surface area contributed by atoms with Crippen LogP contribution in [0.5, 0.6) is 0 Å². The summed E-state index contributed by atoms with van der Waals surface area (Å²) in [5, 5.41) is 16.0. The van der Waals surface area contributed by atoms with Gasteiger partial charge in [-0.05, 0) is 23.9 Å². The van der Waals surface area contributed by atoms with Gasteiger partial charge in [0.05, 0.1) is 17.5 Å². The van der Waals surface area contributed by atoms with Gasteiger partial charge in [-0.15, -0.1) is 11.3 Å². The average Bonchev–Trinajstić information content (AvgIpc) is 2.96. The molecule has 4 N–H and O–H groups in total. The molecule has 0 amide bonds. The van der Waals surface area contributed by atoms with E-state index < -0.39 is 5.54 Å². The van der Waals surface area contributed by atoms with Gasteiger partial charge in [-0.1, -0.05) is 30.3 Å². The summed E-state index contributed by atoms with van der Waals surface area (Å²) in [6.45, 7) is 1.87. The number of nitrogens with zero attached hydrogens (tertiary/aromatic N) is 2. The van der Waals surface area contributed by atoms with Gasteiger partial charge in [0.15, 0.2) is 0 Å². The van der Waals surface area contributed by atoms with Gasteiger partial charge in [-0.25, -0.2) is 4.98 Å². The molecule has 3 aromatic rings. The Morgan fingerprint density at radius 1 is 1.24 bits per heavy atom. The van der Waals surface area contributed by atoms with Crippen molar-refractivity contribution in [1.29, 1.82) is 0 Å². The summed E-state index contributed by atoms with van der Waals surface area (Å²) in [6.07, 6.45) is 0. The van der Waals surface area contributed by atoms with Crippen LogP contribution in [0.4, 0.5) is 11.8 Å². The molecule has 0 fully saturated rings. The number of benzene rings is 1. The third-order valence-electron chi connectivity index (χ3n) is 3.46. The molecule has 2 aromatic heterocycles. The van der Waals surface area contributed by atoms with Crippen LogP contribution < -0.4 is 11.1 Å². The SMILES string of the molecule is CC(CO)(Nc1nc(N)nc2sccc12)c1ccccc1. The number of fused-ring (bicyclic) bond motifs is 1. The number of nitrogens with one attached hydrogen (secondary N) is 1. The van der Waals surface area contributed by atoms with Crippen LogP contribution in [-0.2, 0) is 5.54 Å². The van der Waals surface area contributed by atoms with Crippen molar-refractivity contribution in [3.05, 3.63) is 47.3 Å². The van der Waals surface area contributed by atoms with Crippen LogP contribution in [0.2, 0.25) is 0 Å². The van der Waals surface area contributed by atoms with Crippen molar-refractivity contribution in [2.24, 2.45) is 0 Å². The Morgan fingerprint density at radius 2 is 2.00 bits per heavy atom. The highest BCUT2D eigenvalue weighted by Crippen LogP contribution is 2.31. The first-order valence-corrected chi connectivity index (χ1v) is 7.46. The summed E-state index contributed by atoms with van der Waals surface area (Å²) in [5.74, 6) is 0.861. The van der Waals surface area contributed by atoms with Crippen molar-refractivity contribution < 1.29 is 5.11 Å². The molecule has 0 aliphatic heterocycles. The molecular weight excluding hydrogens is 284 g/mol. The first kappa shape index (κ1) is 13.8. The molecule has 3 rings (SSSR count). The molecule has 5 nitrogen and oxygen atoms in total. The Bertz CT molecular complexity index is 759. The largest absolute Gasteiger partial charge is 0.394 e. The van der Waals surface area contributed by atoms with Gasteiger partial charge in [0, 0.05) is 0 Å². The molecule has 1 atom stereocenters. The number of aliphatic hydroxyl groups excluding tert-OH is 1. The van der Waals surface area contributed by atoms with Crippen molar-refractivity contribution in [1.82, 2.24) is 9.97 Å². The monoisotopic (exact) mass is 300 g/mol. The zero-order valence-electron chi connectivity index (χ0n) is 11.6. The molecule has 6 heteroatoms. The topological polar surface area (TPSA) is 84.1 Å². The number of hydrogen-bond acceptors (Lipinski definition) is 6. The second-order valence-electron chi connectivity index (χ2n) is 5.05. The highest BCUT2D eigenvalue weighted by Gasteiger charge is 2.27. The molecule has 0 radical (unpaired) electrons. The first-order chi connectivity index (χ1) is 10.1. The molecule has 0 aliphatic rings. The van der Waals surface area contributed by atoms with Gasteiger partial charge < -0.3 is 16.2 Å². The lowest BCUT2D eigenvalue weighted by Gasteiger charge is -2.30. The molecule has 0 spiro atoms. The summed E-state index contributed by atoms with van der Waals surface area (Å²) in [5.41, 5.74) is 6.10. The van der Waals surface area contributed by atoms with Crippen LogP contribution >= 0.6 is 11.3 Å². The summed E-state index contributed by atoms with van der Waals surface area (Å²) in [7, 11) is 0. The maximum absolute atomic E-state index is 9.86. The van der Waals surface area contributed by atoms with Crippen molar-refractivity contribution in [3.8, 4) is 0 Å². The molecule has 0 aliphatic carbocycles. The highest BCUT2D eigenvalue weighted by molar-refractivity contribution is 7.16. The van der Waals surface area contributed by atoms with E-state index in [1.54, 1.807) is 0 Å². The van der Waals surface area contributed by atoms with Gasteiger partial charge in [0.25, 0.3) is 0 Å². The average molecular weight is 300 g/mol. The second-order valence-corrected chi connectivity index (χ2v) is 5.95. The highest BCUT2D eigenvalue weighted by atomic mass is 32.1. The first-order valence-electron chi connectivity index (χ1n) is 6.58. The Balaban J connectivity index is 2.05. The Hall–Kier alpha value is -2.18. The number of nitrogen functional groups attached to an aromatic ring is 1. The molecule has 0 bridgehead atoms. The van der Waals surface area contributed by atoms with E-state index in [9.17, 15) is 5.11 Å². The minimum Gasteiger partial charge on any atom is -0.394 e. The molecule has 2 heterocycles. The van der Waals surface area contributed by atoms with Gasteiger partial charge in [0.2, 0.25) is 5.95 Å². The fourth-order valence-corrected chi connectivity index (χ4v) is 3.01. The van der Waals surface area contributed by atoms with Crippen LogP contribution in [0.1, 0.15) is 12.5 Å². The van der Waals surface area contributed by atoms with Gasteiger partial charge in [-0.2, -0.15) is 4.98 Å². The number of nitrogens with two attached hydrogens (primary N) is 1. The van der Waals surface area contributed by atoms with E-state index in [4.69, 9.17) is 5.73 Å². The molecule has 1 unspecified atom stereocenters. The number of hydrogen-bond donors (Lipinski definition) is 3. The van der Waals surface area contributed by atoms with Crippen LogP contribution in [0.15, 0.2) is 41.8 Å². The fourth-order valence-electron chi connectivity index (χ4n) is 2.24. The standard InChI is InChI=1S/C15H16N4OS/c1-15(9-20,10-5-3-2-4-6-10)19-12-11-7-8-21-13(11)18-14(16)17-12/h2-8,20H,9H2,1H3,(H3,16,17,18,19). The molecule has 108 valence electrons. The predicted octanol–water partition coefficient (Wildman–Crippen LogP) is 2.59. The minimum absolute atomic E-state index is 0.0629. The van der Waals surface area contributed by atoms with E-state index >= 15 is 0 Å². The Morgan fingerprint density at radius 3 is 2.71 bits per heavy atom. The third kappa shape index (κ3) is 2.55. The van der Waals surface area contributed by atoms with E-state index in [0.29, 0.717) is 5.82 Å². The van der Waals surface area contributed by atoms with Crippen molar-refractivity contribution in [2.45, 2.75) is 12.5 Å². The normalized spacial score (nSPS) is 14.0. The van der Waals surface area contributed by atoms with E-state index in [1.807, 2.05) is 48.7 Å². The van der Waals surface area contributed by atoms with Crippen molar-refractivity contribution in [2.75, 3.05) is 17.7 Å². The van der Waals surface area contributed by atoms with Crippen LogP contribution in [0.3, 0.4) is 0 Å². The van der Waals surface area contributed by atoms with E-state index in [2.05, 4.69) is 15.3 Å². The zero-order chi connectivity index (χ0) is 14.9. The van der Waals surface area contributed by atoms with E-state index in [1.165, 1.54) is 11.3 Å². The third-order valence-corrected chi connectivity index (χ3v) is 4.27. The number of thiophene rings is 1. The molecule has 0 saturated carbocycles. The predicted molar refractivity (Wildman–Crippen MR) is 86.3 cm³/mol.